The quantitative estimate of drug-likeness (QED) is 0.676. The highest BCUT2D eigenvalue weighted by Gasteiger charge is 2.31. The second-order valence-corrected chi connectivity index (χ2v) is 6.32. The fraction of sp³-hybridized carbons (Fsp3) is 0.200. The van der Waals surface area contributed by atoms with Crippen molar-refractivity contribution in [2.45, 2.75) is 25.1 Å². The van der Waals surface area contributed by atoms with Crippen molar-refractivity contribution >= 4 is 6.03 Å². The van der Waals surface area contributed by atoms with Gasteiger partial charge in [0.15, 0.2) is 5.76 Å². The number of hydrogen-bond donors (Lipinski definition) is 3. The molecule has 3 aromatic rings. The Morgan fingerprint density at radius 2 is 1.92 bits per heavy atom. The highest BCUT2D eigenvalue weighted by Crippen LogP contribution is 2.31. The summed E-state index contributed by atoms with van der Waals surface area (Å²) in [5, 5.41) is 19.8. The summed E-state index contributed by atoms with van der Waals surface area (Å²) >= 11 is 0. The lowest BCUT2D eigenvalue weighted by Gasteiger charge is -2.18. The highest BCUT2D eigenvalue weighted by atomic mass is 16.5. The molecule has 6 heteroatoms. The van der Waals surface area contributed by atoms with E-state index in [4.69, 9.17) is 4.52 Å². The SMILES string of the molecule is O=C(NCc1cc(-c2ccccc2)on1)NC1c2ccccc2CC1O. The first-order chi connectivity index (χ1) is 12.7. The van der Waals surface area contributed by atoms with Crippen molar-refractivity contribution in [1.29, 1.82) is 0 Å². The van der Waals surface area contributed by atoms with Crippen LogP contribution < -0.4 is 10.6 Å². The van der Waals surface area contributed by atoms with E-state index in [2.05, 4.69) is 15.8 Å². The average molecular weight is 349 g/mol. The second-order valence-electron chi connectivity index (χ2n) is 6.32. The molecular formula is C20H19N3O3. The van der Waals surface area contributed by atoms with Crippen LogP contribution in [-0.4, -0.2) is 22.4 Å². The van der Waals surface area contributed by atoms with Crippen molar-refractivity contribution in [3.8, 4) is 11.3 Å². The summed E-state index contributed by atoms with van der Waals surface area (Å²) in [6.07, 6.45) is -0.0694. The largest absolute Gasteiger partial charge is 0.390 e. The van der Waals surface area contributed by atoms with Crippen molar-refractivity contribution in [2.75, 3.05) is 0 Å². The minimum Gasteiger partial charge on any atom is -0.390 e. The molecule has 2 unspecified atom stereocenters. The average Bonchev–Trinajstić information content (AvgIpc) is 3.26. The van der Waals surface area contributed by atoms with Gasteiger partial charge in [0.2, 0.25) is 0 Å². The van der Waals surface area contributed by atoms with E-state index < -0.39 is 12.1 Å². The van der Waals surface area contributed by atoms with Crippen LogP contribution in [0, 0.1) is 0 Å². The van der Waals surface area contributed by atoms with Crippen LogP contribution in [-0.2, 0) is 13.0 Å². The van der Waals surface area contributed by atoms with E-state index in [1.54, 1.807) is 6.07 Å². The Morgan fingerprint density at radius 3 is 2.77 bits per heavy atom. The maximum absolute atomic E-state index is 12.2. The van der Waals surface area contributed by atoms with Gasteiger partial charge in [0, 0.05) is 18.1 Å². The zero-order valence-corrected chi connectivity index (χ0v) is 14.1. The summed E-state index contributed by atoms with van der Waals surface area (Å²) in [4.78, 5) is 12.2. The van der Waals surface area contributed by atoms with Gasteiger partial charge in [-0.3, -0.25) is 0 Å². The summed E-state index contributed by atoms with van der Waals surface area (Å²) in [6.45, 7) is 0.243. The molecule has 0 bridgehead atoms. The van der Waals surface area contributed by atoms with Gasteiger partial charge in [-0.25, -0.2) is 4.79 Å². The van der Waals surface area contributed by atoms with E-state index >= 15 is 0 Å². The Balaban J connectivity index is 1.36. The Morgan fingerprint density at radius 1 is 1.15 bits per heavy atom. The summed E-state index contributed by atoms with van der Waals surface area (Å²) in [6, 6.07) is 18.4. The molecular weight excluding hydrogens is 330 g/mol. The first-order valence-electron chi connectivity index (χ1n) is 8.52. The molecule has 0 aliphatic heterocycles. The number of carbonyl (C=O) groups is 1. The third kappa shape index (κ3) is 3.32. The number of urea groups is 1. The second kappa shape index (κ2) is 7.01. The minimum atomic E-state index is -0.616. The summed E-state index contributed by atoms with van der Waals surface area (Å²) in [5.74, 6) is 0.656. The minimum absolute atomic E-state index is 0.243. The molecule has 1 aliphatic carbocycles. The van der Waals surface area contributed by atoms with Gasteiger partial charge in [0.1, 0.15) is 5.69 Å². The fourth-order valence-corrected chi connectivity index (χ4v) is 3.24. The third-order valence-corrected chi connectivity index (χ3v) is 4.54. The maximum atomic E-state index is 12.2. The molecule has 4 rings (SSSR count). The lowest BCUT2D eigenvalue weighted by atomic mass is 10.1. The lowest BCUT2D eigenvalue weighted by Crippen LogP contribution is -2.40. The summed E-state index contributed by atoms with van der Waals surface area (Å²) in [7, 11) is 0. The molecule has 0 radical (unpaired) electrons. The van der Waals surface area contributed by atoms with Crippen molar-refractivity contribution in [3.63, 3.8) is 0 Å². The molecule has 0 saturated carbocycles. The van der Waals surface area contributed by atoms with Crippen molar-refractivity contribution < 1.29 is 14.4 Å². The predicted molar refractivity (Wildman–Crippen MR) is 96.2 cm³/mol. The van der Waals surface area contributed by atoms with Crippen LogP contribution in [0.2, 0.25) is 0 Å². The van der Waals surface area contributed by atoms with E-state index in [0.717, 1.165) is 16.7 Å². The molecule has 6 nitrogen and oxygen atoms in total. The first kappa shape index (κ1) is 16.4. The van der Waals surface area contributed by atoms with Crippen LogP contribution in [0.1, 0.15) is 22.9 Å². The molecule has 2 amide bonds. The topological polar surface area (TPSA) is 87.4 Å². The standard InChI is InChI=1S/C20H19N3O3/c24-17-10-14-8-4-5-9-16(14)19(17)22-20(25)21-12-15-11-18(26-23-15)13-6-2-1-3-7-13/h1-9,11,17,19,24H,10,12H2,(H2,21,22,25). The van der Waals surface area contributed by atoms with E-state index in [9.17, 15) is 9.90 Å². The van der Waals surface area contributed by atoms with Crippen LogP contribution in [0.15, 0.2) is 65.2 Å². The van der Waals surface area contributed by atoms with Gasteiger partial charge in [-0.1, -0.05) is 59.8 Å². The number of benzene rings is 2. The number of nitrogens with zero attached hydrogens (tertiary/aromatic N) is 1. The number of carbonyl (C=O) groups excluding carboxylic acids is 1. The first-order valence-corrected chi connectivity index (χ1v) is 8.52. The number of hydrogen-bond acceptors (Lipinski definition) is 4. The van der Waals surface area contributed by atoms with Gasteiger partial charge < -0.3 is 20.3 Å². The smallest absolute Gasteiger partial charge is 0.315 e. The monoisotopic (exact) mass is 349 g/mol. The number of rotatable bonds is 4. The molecule has 2 aromatic carbocycles. The number of aliphatic hydroxyl groups excluding tert-OH is 1. The van der Waals surface area contributed by atoms with Crippen molar-refractivity contribution in [1.82, 2.24) is 15.8 Å². The van der Waals surface area contributed by atoms with Crippen LogP contribution >= 0.6 is 0 Å². The van der Waals surface area contributed by atoms with E-state index in [1.807, 2.05) is 54.6 Å². The number of fused-ring (bicyclic) bond motifs is 1. The Labute approximate surface area is 150 Å². The van der Waals surface area contributed by atoms with Crippen molar-refractivity contribution in [3.05, 3.63) is 77.5 Å². The molecule has 0 fully saturated rings. The number of nitrogens with one attached hydrogen (secondary N) is 2. The molecule has 3 N–H and O–H groups in total. The van der Waals surface area contributed by atoms with E-state index in [1.165, 1.54) is 0 Å². The summed E-state index contributed by atoms with van der Waals surface area (Å²) < 4.78 is 5.32. The molecule has 0 spiro atoms. The summed E-state index contributed by atoms with van der Waals surface area (Å²) in [5.41, 5.74) is 3.59. The predicted octanol–water partition coefficient (Wildman–Crippen LogP) is 2.80. The van der Waals surface area contributed by atoms with Gasteiger partial charge in [0.25, 0.3) is 0 Å². The lowest BCUT2D eigenvalue weighted by molar-refractivity contribution is 0.142. The molecule has 0 saturated heterocycles. The third-order valence-electron chi connectivity index (χ3n) is 4.54. The van der Waals surface area contributed by atoms with Crippen molar-refractivity contribution in [2.24, 2.45) is 0 Å². The number of aromatic nitrogens is 1. The number of amides is 2. The van der Waals surface area contributed by atoms with Crippen LogP contribution in [0.5, 0.6) is 0 Å². The zero-order valence-electron chi connectivity index (χ0n) is 14.1. The molecule has 132 valence electrons. The number of aliphatic hydroxyl groups is 1. The maximum Gasteiger partial charge on any atom is 0.315 e. The molecule has 1 heterocycles. The molecule has 1 aliphatic rings. The van der Waals surface area contributed by atoms with E-state index in [0.29, 0.717) is 17.9 Å². The zero-order chi connectivity index (χ0) is 17.9. The van der Waals surface area contributed by atoms with Gasteiger partial charge in [-0.2, -0.15) is 0 Å². The molecule has 2 atom stereocenters. The molecule has 26 heavy (non-hydrogen) atoms. The van der Waals surface area contributed by atoms with Crippen LogP contribution in [0.4, 0.5) is 4.79 Å². The van der Waals surface area contributed by atoms with Gasteiger partial charge in [-0.05, 0) is 11.1 Å². The van der Waals surface area contributed by atoms with Crippen LogP contribution in [0.25, 0.3) is 11.3 Å². The highest BCUT2D eigenvalue weighted by molar-refractivity contribution is 5.74. The Hall–Kier alpha value is -3.12. The Kier molecular flexibility index (Phi) is 4.41. The van der Waals surface area contributed by atoms with Gasteiger partial charge in [0.05, 0.1) is 18.7 Å². The normalized spacial score (nSPS) is 18.3. The van der Waals surface area contributed by atoms with Gasteiger partial charge in [-0.15, -0.1) is 0 Å². The fourth-order valence-electron chi connectivity index (χ4n) is 3.24. The van der Waals surface area contributed by atoms with E-state index in [-0.39, 0.29) is 12.6 Å². The van der Waals surface area contributed by atoms with Crippen LogP contribution in [0.3, 0.4) is 0 Å². The van der Waals surface area contributed by atoms with Gasteiger partial charge >= 0.3 is 6.03 Å². The Bertz CT molecular complexity index is 907. The molecule has 1 aromatic heterocycles.